The monoisotopic (exact) mass is 514 g/mol. The molecule has 0 atom stereocenters. The van der Waals surface area contributed by atoms with Gasteiger partial charge in [-0.3, -0.25) is 0 Å². The molecule has 0 aliphatic rings. The van der Waals surface area contributed by atoms with E-state index < -0.39 is 11.6 Å². The van der Waals surface area contributed by atoms with E-state index in [4.69, 9.17) is 0 Å². The molecule has 0 fully saturated rings. The summed E-state index contributed by atoms with van der Waals surface area (Å²) in [5.41, 5.74) is 5.52. The maximum absolute atomic E-state index is 13.8. The Bertz CT molecular complexity index is 1200. The van der Waals surface area contributed by atoms with E-state index in [9.17, 15) is 8.78 Å². The molecular weight excluding hydrogens is 493 g/mol. The van der Waals surface area contributed by atoms with Crippen LogP contribution in [0.4, 0.5) is 8.78 Å². The Morgan fingerprint density at radius 1 is 0.967 bits per heavy atom. The predicted octanol–water partition coefficient (Wildman–Crippen LogP) is 6.44. The third-order valence-electron chi connectivity index (χ3n) is 5.17. The molecule has 0 spiro atoms. The summed E-state index contributed by atoms with van der Waals surface area (Å²) in [4.78, 5) is 3.32. The van der Waals surface area contributed by atoms with E-state index in [1.807, 2.05) is 24.3 Å². The molecule has 30 heavy (non-hydrogen) atoms. The topological polar surface area (TPSA) is 27.8 Å². The Morgan fingerprint density at radius 2 is 1.77 bits per heavy atom. The van der Waals surface area contributed by atoms with E-state index in [1.165, 1.54) is 26.7 Å². The summed E-state index contributed by atoms with van der Waals surface area (Å²) in [6.07, 6.45) is 3.30. The third-order valence-corrected chi connectivity index (χ3v) is 5.84. The molecule has 3 aromatic carbocycles. The fourth-order valence-electron chi connectivity index (χ4n) is 3.53. The highest BCUT2D eigenvalue weighted by Gasteiger charge is 2.07. The largest absolute Gasteiger partial charge is 0.385 e. The lowest BCUT2D eigenvalue weighted by Gasteiger charge is -2.11. The smallest absolute Gasteiger partial charge is 0.126 e. The molecule has 0 unspecified atom stereocenters. The summed E-state index contributed by atoms with van der Waals surface area (Å²) in [6.45, 7) is 4.90. The van der Waals surface area contributed by atoms with E-state index in [0.717, 1.165) is 41.4 Å². The summed E-state index contributed by atoms with van der Waals surface area (Å²) >= 11 is 2.33. The SMILES string of the molecule is C=C(NCCc1c[nH]c2ccc(I)cc12)c1ccc(Cc2cc(F)ccc2F)cc1. The lowest BCUT2D eigenvalue weighted by molar-refractivity contribution is 0.588. The number of hydrogen-bond donors (Lipinski definition) is 2. The van der Waals surface area contributed by atoms with Crippen LogP contribution in [0.25, 0.3) is 16.6 Å². The number of aromatic nitrogens is 1. The van der Waals surface area contributed by atoms with Gasteiger partial charge in [0.15, 0.2) is 0 Å². The van der Waals surface area contributed by atoms with Crippen molar-refractivity contribution in [2.45, 2.75) is 12.8 Å². The molecule has 1 aromatic heterocycles. The summed E-state index contributed by atoms with van der Waals surface area (Å²) in [5.74, 6) is -0.816. The molecule has 4 aromatic rings. The molecular formula is C25H21F2IN2. The minimum absolute atomic E-state index is 0.350. The molecule has 0 radical (unpaired) electrons. The highest BCUT2D eigenvalue weighted by molar-refractivity contribution is 14.1. The number of rotatable bonds is 7. The van der Waals surface area contributed by atoms with E-state index in [1.54, 1.807) is 0 Å². The van der Waals surface area contributed by atoms with Crippen molar-refractivity contribution in [1.82, 2.24) is 10.3 Å². The van der Waals surface area contributed by atoms with Gasteiger partial charge in [-0.15, -0.1) is 0 Å². The molecule has 0 aliphatic heterocycles. The Kier molecular flexibility index (Phi) is 6.18. The number of nitrogens with one attached hydrogen (secondary N) is 2. The van der Waals surface area contributed by atoms with E-state index in [0.29, 0.717) is 12.0 Å². The van der Waals surface area contributed by atoms with Gasteiger partial charge in [0.2, 0.25) is 0 Å². The molecule has 4 rings (SSSR count). The van der Waals surface area contributed by atoms with Crippen LogP contribution in [0.15, 0.2) is 73.4 Å². The van der Waals surface area contributed by atoms with Crippen LogP contribution in [-0.2, 0) is 12.8 Å². The van der Waals surface area contributed by atoms with Crippen LogP contribution in [0.2, 0.25) is 0 Å². The quantitative estimate of drug-likeness (QED) is 0.273. The van der Waals surface area contributed by atoms with Gasteiger partial charge in [-0.25, -0.2) is 8.78 Å². The average Bonchev–Trinajstić information content (AvgIpc) is 3.13. The first kappa shape index (κ1) is 20.6. The first-order chi connectivity index (χ1) is 14.5. The molecule has 0 amide bonds. The maximum Gasteiger partial charge on any atom is 0.126 e. The van der Waals surface area contributed by atoms with Crippen molar-refractivity contribution < 1.29 is 8.78 Å². The van der Waals surface area contributed by atoms with Crippen LogP contribution in [0.1, 0.15) is 22.3 Å². The van der Waals surface area contributed by atoms with Crippen molar-refractivity contribution in [3.8, 4) is 0 Å². The van der Waals surface area contributed by atoms with Crippen LogP contribution in [0, 0.1) is 15.2 Å². The summed E-state index contributed by atoms with van der Waals surface area (Å²) in [7, 11) is 0. The maximum atomic E-state index is 13.8. The average molecular weight is 514 g/mol. The van der Waals surface area contributed by atoms with Gasteiger partial charge in [-0.1, -0.05) is 30.8 Å². The van der Waals surface area contributed by atoms with Gasteiger partial charge in [0.1, 0.15) is 11.6 Å². The van der Waals surface area contributed by atoms with Gasteiger partial charge in [0.25, 0.3) is 0 Å². The van der Waals surface area contributed by atoms with Gasteiger partial charge >= 0.3 is 0 Å². The zero-order valence-corrected chi connectivity index (χ0v) is 18.5. The van der Waals surface area contributed by atoms with Gasteiger partial charge in [0.05, 0.1) is 0 Å². The molecule has 152 valence electrons. The predicted molar refractivity (Wildman–Crippen MR) is 127 cm³/mol. The fraction of sp³-hybridized carbons (Fsp3) is 0.120. The number of fused-ring (bicyclic) bond motifs is 1. The van der Waals surface area contributed by atoms with Gasteiger partial charge in [-0.05, 0) is 87.7 Å². The lowest BCUT2D eigenvalue weighted by atomic mass is 10.0. The first-order valence-electron chi connectivity index (χ1n) is 9.71. The van der Waals surface area contributed by atoms with Crippen molar-refractivity contribution in [3.05, 3.63) is 111 Å². The van der Waals surface area contributed by atoms with Crippen molar-refractivity contribution in [2.75, 3.05) is 6.54 Å². The zero-order chi connectivity index (χ0) is 21.1. The van der Waals surface area contributed by atoms with Crippen molar-refractivity contribution >= 4 is 39.2 Å². The molecule has 0 aliphatic carbocycles. The van der Waals surface area contributed by atoms with Crippen LogP contribution < -0.4 is 5.32 Å². The van der Waals surface area contributed by atoms with E-state index in [-0.39, 0.29) is 0 Å². The third kappa shape index (κ3) is 4.73. The summed E-state index contributed by atoms with van der Waals surface area (Å²) in [5, 5.41) is 4.64. The van der Waals surface area contributed by atoms with Crippen molar-refractivity contribution in [3.63, 3.8) is 0 Å². The normalized spacial score (nSPS) is 11.0. The fourth-order valence-corrected chi connectivity index (χ4v) is 4.02. The number of H-pyrrole nitrogens is 1. The second kappa shape index (κ2) is 9.00. The number of halogens is 3. The lowest BCUT2D eigenvalue weighted by Crippen LogP contribution is -2.15. The van der Waals surface area contributed by atoms with Crippen LogP contribution in [0.5, 0.6) is 0 Å². The van der Waals surface area contributed by atoms with E-state index in [2.05, 4.69) is 63.9 Å². The second-order valence-electron chi connectivity index (χ2n) is 7.27. The molecule has 0 bridgehead atoms. The first-order valence-corrected chi connectivity index (χ1v) is 10.8. The Labute approximate surface area is 188 Å². The second-order valence-corrected chi connectivity index (χ2v) is 8.51. The minimum atomic E-state index is -0.425. The minimum Gasteiger partial charge on any atom is -0.385 e. The Balaban J connectivity index is 1.35. The van der Waals surface area contributed by atoms with Gasteiger partial charge in [-0.2, -0.15) is 0 Å². The molecule has 2 N–H and O–H groups in total. The molecule has 2 nitrogen and oxygen atoms in total. The zero-order valence-electron chi connectivity index (χ0n) is 16.3. The molecule has 0 saturated carbocycles. The van der Waals surface area contributed by atoms with Crippen LogP contribution in [-0.4, -0.2) is 11.5 Å². The summed E-state index contributed by atoms with van der Waals surface area (Å²) < 4.78 is 28.4. The standard InChI is InChI=1S/C25H21F2IN2/c1-16(29-11-10-19-15-30-25-9-7-22(28)14-23(19)25)18-4-2-17(3-5-18)12-20-13-21(26)6-8-24(20)27/h2-9,13-15,29-30H,1,10-12H2. The van der Waals surface area contributed by atoms with Gasteiger partial charge < -0.3 is 10.3 Å². The highest BCUT2D eigenvalue weighted by Crippen LogP contribution is 2.22. The Morgan fingerprint density at radius 3 is 2.57 bits per heavy atom. The summed E-state index contributed by atoms with van der Waals surface area (Å²) in [6, 6.07) is 17.7. The number of hydrogen-bond acceptors (Lipinski definition) is 1. The number of aromatic amines is 1. The van der Waals surface area contributed by atoms with Gasteiger partial charge in [0, 0.05) is 39.3 Å². The molecule has 0 saturated heterocycles. The molecule has 5 heteroatoms. The Hall–Kier alpha value is -2.67. The van der Waals surface area contributed by atoms with E-state index >= 15 is 0 Å². The van der Waals surface area contributed by atoms with Crippen LogP contribution in [0.3, 0.4) is 0 Å². The van der Waals surface area contributed by atoms with Crippen LogP contribution >= 0.6 is 22.6 Å². The number of benzene rings is 3. The molecule has 1 heterocycles. The van der Waals surface area contributed by atoms with Crippen molar-refractivity contribution in [2.24, 2.45) is 0 Å². The van der Waals surface area contributed by atoms with Crippen molar-refractivity contribution in [1.29, 1.82) is 0 Å². The highest BCUT2D eigenvalue weighted by atomic mass is 127.